The van der Waals surface area contributed by atoms with E-state index in [0.29, 0.717) is 0 Å². The van der Waals surface area contributed by atoms with E-state index < -0.39 is 62.6 Å². The molecule has 0 aromatic rings. The molecule has 0 bridgehead atoms. The second-order valence-electron chi connectivity index (χ2n) is 5.56. The number of carboxylic acid groups (broad SMARTS) is 5. The maximum atomic E-state index is 10.8. The Morgan fingerprint density at radius 2 is 0.581 bits per heavy atom. The molecule has 0 saturated carbocycles. The Bertz CT molecular complexity index is 505. The van der Waals surface area contributed by atoms with Crippen molar-refractivity contribution in [1.29, 1.82) is 0 Å². The summed E-state index contributed by atoms with van der Waals surface area (Å²) in [6.07, 6.45) is 0. The zero-order valence-corrected chi connectivity index (χ0v) is 26.3. The minimum atomic E-state index is -1.54. The van der Waals surface area contributed by atoms with Gasteiger partial charge in [0.2, 0.25) is 0 Å². The van der Waals surface area contributed by atoms with E-state index >= 15 is 0 Å². The van der Waals surface area contributed by atoms with Gasteiger partial charge in [0.1, 0.15) is 0 Å². The van der Waals surface area contributed by atoms with Gasteiger partial charge in [0.05, 0.1) is 29.8 Å². The number of carbonyl (C=O) groups is 5. The van der Waals surface area contributed by atoms with E-state index in [-0.39, 0.29) is 146 Å². The molecule has 0 aromatic heterocycles. The topological polar surface area (TPSA) is 210 Å². The van der Waals surface area contributed by atoms with E-state index in [1.165, 1.54) is 4.90 Å². The summed E-state index contributed by atoms with van der Waals surface area (Å²) in [4.78, 5) is 56.4. The Morgan fingerprint density at radius 3 is 0.774 bits per heavy atom. The van der Waals surface area contributed by atoms with Crippen molar-refractivity contribution in [3.8, 4) is 0 Å². The Kier molecular flexibility index (Phi) is 33.3. The molecule has 17 heteroatoms. The molecule has 0 heterocycles. The van der Waals surface area contributed by atoms with E-state index in [2.05, 4.69) is 0 Å². The van der Waals surface area contributed by atoms with Crippen molar-refractivity contribution >= 4 is 29.8 Å². The van der Waals surface area contributed by atoms with Gasteiger partial charge in [0.15, 0.2) is 0 Å². The van der Waals surface area contributed by atoms with Gasteiger partial charge < -0.3 is 49.5 Å². The fourth-order valence-corrected chi connectivity index (χ4v) is 2.18. The van der Waals surface area contributed by atoms with Gasteiger partial charge in [0.25, 0.3) is 0 Å². The molecule has 31 heavy (non-hydrogen) atoms. The first-order chi connectivity index (χ1) is 12.5. The molecule has 13 nitrogen and oxygen atoms in total. The SMILES string of the molecule is O=C([O-])CN(CCN(CC(=O)[O-])CC(=O)[O-])CCN(CC(=O)[O-])CC(=O)[O-].[H+].[Na+].[Na+].[Na+].[Na+]. The standard InChI is InChI=1S/C14H23N3O10.4Na/c18-10(19)5-15(1-3-16(6-11(20)21)7-12(22)23)2-4-17(8-13(24)25)9-14(26)27;;;;/h1-9H2,(H,18,19)(H,20,21)(H,22,23)(H,24,25)(H,26,27);;;;/q;4*+1/p-4. The fraction of sp³-hybridized carbons (Fsp3) is 0.643. The Hall–Kier alpha value is 1.23. The van der Waals surface area contributed by atoms with E-state index in [1.54, 1.807) is 0 Å². The van der Waals surface area contributed by atoms with Crippen molar-refractivity contribution in [2.24, 2.45) is 0 Å². The summed E-state index contributed by atoms with van der Waals surface area (Å²) in [5.41, 5.74) is 0. The molecular formula is C14H19N3Na4O10. The molecule has 0 aliphatic rings. The summed E-state index contributed by atoms with van der Waals surface area (Å²) in [6, 6.07) is 0. The van der Waals surface area contributed by atoms with Crippen molar-refractivity contribution in [3.05, 3.63) is 0 Å². The van der Waals surface area contributed by atoms with E-state index in [1.807, 2.05) is 0 Å². The van der Waals surface area contributed by atoms with Gasteiger partial charge in [0, 0.05) is 58.9 Å². The van der Waals surface area contributed by atoms with Crippen molar-refractivity contribution < 1.29 is 169 Å². The average molecular weight is 481 g/mol. The van der Waals surface area contributed by atoms with Gasteiger partial charge in [-0.25, -0.2) is 0 Å². The molecule has 0 aromatic carbocycles. The van der Waals surface area contributed by atoms with Gasteiger partial charge in [-0.3, -0.25) is 14.7 Å². The second-order valence-corrected chi connectivity index (χ2v) is 5.56. The third kappa shape index (κ3) is 27.4. The predicted molar refractivity (Wildman–Crippen MR) is 75.5 cm³/mol. The van der Waals surface area contributed by atoms with Crippen LogP contribution in [0.1, 0.15) is 1.43 Å². The van der Waals surface area contributed by atoms with Gasteiger partial charge in [-0.1, -0.05) is 0 Å². The van der Waals surface area contributed by atoms with Crippen LogP contribution < -0.4 is 144 Å². The maximum absolute atomic E-state index is 10.8. The van der Waals surface area contributed by atoms with Gasteiger partial charge >= 0.3 is 120 Å². The minimum Gasteiger partial charge on any atom is -0.549 e. The van der Waals surface area contributed by atoms with Crippen LogP contribution in [-0.4, -0.2) is 103 Å². The molecule has 154 valence electrons. The number of carbonyl (C=O) groups excluding carboxylic acids is 5. The monoisotopic (exact) mass is 481 g/mol. The van der Waals surface area contributed by atoms with Crippen LogP contribution >= 0.6 is 0 Å². The molecule has 0 aliphatic heterocycles. The van der Waals surface area contributed by atoms with E-state index in [9.17, 15) is 49.5 Å². The van der Waals surface area contributed by atoms with Crippen molar-refractivity contribution in [2.45, 2.75) is 0 Å². The molecule has 0 amide bonds. The zero-order chi connectivity index (χ0) is 21.0. The molecule has 0 fully saturated rings. The number of rotatable bonds is 16. The van der Waals surface area contributed by atoms with Crippen molar-refractivity contribution in [1.82, 2.24) is 14.7 Å². The first-order valence-corrected chi connectivity index (χ1v) is 7.66. The molecule has 0 N–H and O–H groups in total. The average Bonchev–Trinajstić information content (AvgIpc) is 2.46. The largest absolute Gasteiger partial charge is 1.00 e. The van der Waals surface area contributed by atoms with Crippen LogP contribution in [0.4, 0.5) is 0 Å². The summed E-state index contributed by atoms with van der Waals surface area (Å²) in [5.74, 6) is -7.67. The summed E-state index contributed by atoms with van der Waals surface area (Å²) >= 11 is 0. The van der Waals surface area contributed by atoms with Crippen LogP contribution in [0.2, 0.25) is 0 Å². The smallest absolute Gasteiger partial charge is 0.549 e. The van der Waals surface area contributed by atoms with Crippen LogP contribution in [0.25, 0.3) is 0 Å². The Balaban J connectivity index is -0.000000338. The summed E-state index contributed by atoms with van der Waals surface area (Å²) in [5, 5.41) is 53.3. The second kappa shape index (κ2) is 24.4. The molecule has 0 aliphatic carbocycles. The first-order valence-electron chi connectivity index (χ1n) is 7.66. The van der Waals surface area contributed by atoms with Crippen LogP contribution in [0.3, 0.4) is 0 Å². The fourth-order valence-electron chi connectivity index (χ4n) is 2.18. The number of aliphatic carboxylic acids is 5. The number of nitrogens with zero attached hydrogens (tertiary/aromatic N) is 3. The third-order valence-electron chi connectivity index (χ3n) is 3.23. The Morgan fingerprint density at radius 1 is 0.419 bits per heavy atom. The zero-order valence-electron chi connectivity index (χ0n) is 19.3. The van der Waals surface area contributed by atoms with Gasteiger partial charge in [-0.2, -0.15) is 0 Å². The van der Waals surface area contributed by atoms with Gasteiger partial charge in [-0.15, -0.1) is 0 Å². The van der Waals surface area contributed by atoms with E-state index in [4.69, 9.17) is 0 Å². The molecule has 0 spiro atoms. The normalized spacial score (nSPS) is 9.65. The first kappa shape index (κ1) is 42.4. The predicted octanol–water partition coefficient (Wildman–Crippen LogP) is -21.2. The number of carboxylic acids is 5. The summed E-state index contributed by atoms with van der Waals surface area (Å²) < 4.78 is 0. The Labute approximate surface area is 269 Å². The minimum absolute atomic E-state index is 0. The van der Waals surface area contributed by atoms with E-state index in [0.717, 1.165) is 9.80 Å². The van der Waals surface area contributed by atoms with Crippen LogP contribution in [-0.2, 0) is 24.0 Å². The molecular weight excluding hydrogens is 462 g/mol. The molecule has 0 unspecified atom stereocenters. The molecule has 0 atom stereocenters. The number of hydrogen-bond acceptors (Lipinski definition) is 13. The van der Waals surface area contributed by atoms with Crippen LogP contribution in [0.15, 0.2) is 0 Å². The molecule has 0 saturated heterocycles. The van der Waals surface area contributed by atoms with Crippen molar-refractivity contribution in [3.63, 3.8) is 0 Å². The third-order valence-corrected chi connectivity index (χ3v) is 3.23. The molecule has 0 radical (unpaired) electrons. The van der Waals surface area contributed by atoms with Crippen LogP contribution in [0, 0.1) is 0 Å². The summed E-state index contributed by atoms with van der Waals surface area (Å²) in [6.45, 7) is -4.16. The van der Waals surface area contributed by atoms with Gasteiger partial charge in [-0.05, 0) is 0 Å². The quantitative estimate of drug-likeness (QED) is 0.188. The van der Waals surface area contributed by atoms with Crippen molar-refractivity contribution in [2.75, 3.05) is 58.9 Å². The maximum Gasteiger partial charge on any atom is 1.00 e. The summed E-state index contributed by atoms with van der Waals surface area (Å²) in [7, 11) is 0. The molecule has 0 rings (SSSR count). The van der Waals surface area contributed by atoms with Crippen LogP contribution in [0.5, 0.6) is 0 Å². The number of hydrogen-bond donors (Lipinski definition) is 0.